The number of nitrogens with one attached hydrogen (secondary N) is 1. The maximum Gasteiger partial charge on any atom is 0.250 e. The van der Waals surface area contributed by atoms with Crippen molar-refractivity contribution in [1.82, 2.24) is 4.72 Å². The van der Waals surface area contributed by atoms with E-state index in [4.69, 9.17) is 0 Å². The summed E-state index contributed by atoms with van der Waals surface area (Å²) in [6.07, 6.45) is 0. The highest BCUT2D eigenvalue weighted by molar-refractivity contribution is 9.11. The van der Waals surface area contributed by atoms with Crippen LogP contribution in [0.25, 0.3) is 0 Å². The van der Waals surface area contributed by atoms with Crippen LogP contribution in [0.5, 0.6) is 0 Å². The summed E-state index contributed by atoms with van der Waals surface area (Å²) >= 11 is 4.45. The molecule has 0 saturated carbocycles. The maximum atomic E-state index is 13.4. The van der Waals surface area contributed by atoms with Crippen molar-refractivity contribution >= 4 is 37.3 Å². The lowest BCUT2D eigenvalue weighted by Crippen LogP contribution is -2.22. The number of hydrogen-bond donors (Lipinski definition) is 1. The van der Waals surface area contributed by atoms with Crippen LogP contribution < -0.4 is 4.72 Å². The van der Waals surface area contributed by atoms with E-state index in [1.54, 1.807) is 25.1 Å². The third-order valence-corrected chi connectivity index (χ3v) is 6.81. The minimum atomic E-state index is -3.57. The first-order valence-corrected chi connectivity index (χ1v) is 8.89. The van der Waals surface area contributed by atoms with E-state index in [9.17, 15) is 12.8 Å². The first kappa shape index (κ1) is 15.6. The zero-order chi connectivity index (χ0) is 14.9. The fraction of sp³-hybridized carbons (Fsp3) is 0.231. The van der Waals surface area contributed by atoms with Gasteiger partial charge >= 0.3 is 0 Å². The molecule has 1 aromatic heterocycles. The summed E-state index contributed by atoms with van der Waals surface area (Å²) in [6.45, 7) is 3.55. The molecule has 0 amide bonds. The molecule has 2 aromatic rings. The van der Waals surface area contributed by atoms with Crippen molar-refractivity contribution in [2.45, 2.75) is 24.6 Å². The molecule has 0 atom stereocenters. The Hall–Kier alpha value is -0.760. The second-order valence-corrected chi connectivity index (χ2v) is 8.79. The monoisotopic (exact) mass is 377 g/mol. The molecule has 0 aliphatic rings. The smallest absolute Gasteiger partial charge is 0.207 e. The Morgan fingerprint density at radius 2 is 1.95 bits per heavy atom. The van der Waals surface area contributed by atoms with E-state index in [0.29, 0.717) is 11.1 Å². The third kappa shape index (κ3) is 3.46. The van der Waals surface area contributed by atoms with Gasteiger partial charge < -0.3 is 0 Å². The standard InChI is InChI=1S/C13H13BrFNO2S2/c1-8-3-4-10(6-11(8)15)7-16-20(17,18)12-5-9(2)13(14)19-12/h3-6,16H,7H2,1-2H3. The van der Waals surface area contributed by atoms with Gasteiger partial charge in [-0.05, 0) is 58.6 Å². The topological polar surface area (TPSA) is 46.2 Å². The van der Waals surface area contributed by atoms with E-state index in [-0.39, 0.29) is 16.6 Å². The summed E-state index contributed by atoms with van der Waals surface area (Å²) in [5, 5.41) is 0. The van der Waals surface area contributed by atoms with Gasteiger partial charge in [0.1, 0.15) is 10.0 Å². The summed E-state index contributed by atoms with van der Waals surface area (Å²) < 4.78 is 41.1. The van der Waals surface area contributed by atoms with Gasteiger partial charge in [-0.3, -0.25) is 0 Å². The van der Waals surface area contributed by atoms with Gasteiger partial charge in [-0.2, -0.15) is 0 Å². The van der Waals surface area contributed by atoms with Crippen molar-refractivity contribution in [3.8, 4) is 0 Å². The Bertz CT molecular complexity index is 721. The Balaban J connectivity index is 2.15. The summed E-state index contributed by atoms with van der Waals surface area (Å²) in [4.78, 5) is 0. The molecule has 7 heteroatoms. The summed E-state index contributed by atoms with van der Waals surface area (Å²) in [7, 11) is -3.57. The minimum Gasteiger partial charge on any atom is -0.207 e. The van der Waals surface area contributed by atoms with E-state index in [1.807, 2.05) is 6.92 Å². The zero-order valence-electron chi connectivity index (χ0n) is 10.9. The molecule has 1 heterocycles. The van der Waals surface area contributed by atoms with E-state index in [1.165, 1.54) is 6.07 Å². The van der Waals surface area contributed by atoms with E-state index in [0.717, 1.165) is 20.7 Å². The van der Waals surface area contributed by atoms with Crippen LogP contribution in [0, 0.1) is 19.7 Å². The summed E-state index contributed by atoms with van der Waals surface area (Å²) in [6, 6.07) is 6.28. The molecule has 0 aliphatic carbocycles. The van der Waals surface area contributed by atoms with Crippen molar-refractivity contribution in [2.75, 3.05) is 0 Å². The van der Waals surface area contributed by atoms with Crippen LogP contribution in [-0.2, 0) is 16.6 Å². The van der Waals surface area contributed by atoms with Gasteiger partial charge in [0.25, 0.3) is 0 Å². The molecule has 0 saturated heterocycles. The normalized spacial score (nSPS) is 11.8. The molecule has 108 valence electrons. The molecule has 0 fully saturated rings. The highest BCUT2D eigenvalue weighted by atomic mass is 79.9. The molecule has 0 spiro atoms. The number of aryl methyl sites for hydroxylation is 2. The van der Waals surface area contributed by atoms with Crippen molar-refractivity contribution in [1.29, 1.82) is 0 Å². The zero-order valence-corrected chi connectivity index (χ0v) is 14.1. The molecule has 20 heavy (non-hydrogen) atoms. The number of hydrogen-bond acceptors (Lipinski definition) is 3. The van der Waals surface area contributed by atoms with Gasteiger partial charge in [0.15, 0.2) is 0 Å². The van der Waals surface area contributed by atoms with Gasteiger partial charge in [-0.15, -0.1) is 11.3 Å². The lowest BCUT2D eigenvalue weighted by atomic mass is 10.1. The number of thiophene rings is 1. The van der Waals surface area contributed by atoms with Crippen LogP contribution in [0.2, 0.25) is 0 Å². The molecular weight excluding hydrogens is 365 g/mol. The highest BCUT2D eigenvalue weighted by Gasteiger charge is 2.18. The van der Waals surface area contributed by atoms with Crippen LogP contribution in [0.3, 0.4) is 0 Å². The molecule has 2 rings (SSSR count). The van der Waals surface area contributed by atoms with Gasteiger partial charge in [0, 0.05) is 6.54 Å². The largest absolute Gasteiger partial charge is 0.250 e. The second kappa shape index (κ2) is 5.93. The molecule has 0 aliphatic heterocycles. The highest BCUT2D eigenvalue weighted by Crippen LogP contribution is 2.30. The predicted octanol–water partition coefficient (Wildman–Crippen LogP) is 3.75. The molecule has 3 nitrogen and oxygen atoms in total. The van der Waals surface area contributed by atoms with Gasteiger partial charge in [-0.25, -0.2) is 17.5 Å². The fourth-order valence-corrected chi connectivity index (χ4v) is 4.85. The number of sulfonamides is 1. The van der Waals surface area contributed by atoms with Crippen LogP contribution in [0.1, 0.15) is 16.7 Å². The van der Waals surface area contributed by atoms with Gasteiger partial charge in [0.2, 0.25) is 10.0 Å². The average Bonchev–Trinajstić information content (AvgIpc) is 2.72. The Kier molecular flexibility index (Phi) is 4.63. The molecule has 1 N–H and O–H groups in total. The van der Waals surface area contributed by atoms with Crippen molar-refractivity contribution in [3.05, 3.63) is 50.6 Å². The van der Waals surface area contributed by atoms with E-state index < -0.39 is 10.0 Å². The second-order valence-electron chi connectivity index (χ2n) is 4.43. The maximum absolute atomic E-state index is 13.4. The SMILES string of the molecule is Cc1ccc(CNS(=O)(=O)c2cc(C)c(Br)s2)cc1F. The fourth-order valence-electron chi connectivity index (χ4n) is 1.56. The van der Waals surface area contributed by atoms with Crippen molar-refractivity contribution in [2.24, 2.45) is 0 Å². The number of rotatable bonds is 4. The lowest BCUT2D eigenvalue weighted by molar-refractivity contribution is 0.582. The third-order valence-electron chi connectivity index (χ3n) is 2.80. The number of benzene rings is 1. The lowest BCUT2D eigenvalue weighted by Gasteiger charge is -2.06. The minimum absolute atomic E-state index is 0.0636. The first-order chi connectivity index (χ1) is 9.29. The molecule has 0 bridgehead atoms. The Labute approximate surface area is 130 Å². The molecule has 0 radical (unpaired) electrons. The first-order valence-electron chi connectivity index (χ1n) is 5.80. The summed E-state index contributed by atoms with van der Waals surface area (Å²) in [5.41, 5.74) is 2.00. The predicted molar refractivity (Wildman–Crippen MR) is 81.9 cm³/mol. The number of halogens is 2. The van der Waals surface area contributed by atoms with Crippen LogP contribution in [0.15, 0.2) is 32.3 Å². The van der Waals surface area contributed by atoms with Crippen LogP contribution >= 0.6 is 27.3 Å². The van der Waals surface area contributed by atoms with Gasteiger partial charge in [-0.1, -0.05) is 12.1 Å². The van der Waals surface area contributed by atoms with Crippen molar-refractivity contribution in [3.63, 3.8) is 0 Å². The van der Waals surface area contributed by atoms with Crippen LogP contribution in [0.4, 0.5) is 4.39 Å². The Morgan fingerprint density at radius 3 is 2.50 bits per heavy atom. The Morgan fingerprint density at radius 1 is 1.25 bits per heavy atom. The molecule has 1 aromatic carbocycles. The van der Waals surface area contributed by atoms with Gasteiger partial charge in [0.05, 0.1) is 3.79 Å². The molecule has 0 unspecified atom stereocenters. The summed E-state index contributed by atoms with van der Waals surface area (Å²) in [5.74, 6) is -0.337. The average molecular weight is 378 g/mol. The van der Waals surface area contributed by atoms with Crippen LogP contribution in [-0.4, -0.2) is 8.42 Å². The quantitative estimate of drug-likeness (QED) is 0.881. The van der Waals surface area contributed by atoms with E-state index in [2.05, 4.69) is 20.7 Å². The van der Waals surface area contributed by atoms with E-state index >= 15 is 0 Å². The van der Waals surface area contributed by atoms with Crippen molar-refractivity contribution < 1.29 is 12.8 Å². The molecular formula is C13H13BrFNO2S2.